The van der Waals surface area contributed by atoms with Crippen LogP contribution in [0.3, 0.4) is 0 Å². The molecule has 0 atom stereocenters. The molecule has 2 rings (SSSR count). The lowest BCUT2D eigenvalue weighted by Gasteiger charge is -2.34. The molecule has 152 valence electrons. The fourth-order valence-corrected chi connectivity index (χ4v) is 2.67. The third-order valence-electron chi connectivity index (χ3n) is 4.56. The van der Waals surface area contributed by atoms with Crippen molar-refractivity contribution in [1.82, 2.24) is 0 Å². The zero-order chi connectivity index (χ0) is 20.6. The smallest absolute Gasteiger partial charge is 0.350 e. The van der Waals surface area contributed by atoms with E-state index in [0.717, 1.165) is 19.3 Å². The Morgan fingerprint density at radius 3 is 2.18 bits per heavy atom. The molecule has 0 spiro atoms. The van der Waals surface area contributed by atoms with Gasteiger partial charge in [-0.15, -0.1) is 0 Å². The molecule has 7 nitrogen and oxygen atoms in total. The van der Waals surface area contributed by atoms with Crippen molar-refractivity contribution in [3.8, 4) is 0 Å². The number of carbonyl (C=O) groups excluding carboxylic acids is 3. The number of carbonyl (C=O) groups is 3. The molecule has 0 bridgehead atoms. The van der Waals surface area contributed by atoms with E-state index in [4.69, 9.17) is 14.2 Å². The van der Waals surface area contributed by atoms with Gasteiger partial charge in [-0.25, -0.2) is 14.4 Å². The van der Waals surface area contributed by atoms with Crippen LogP contribution in [0.1, 0.15) is 63.2 Å². The number of hydrogen-bond acceptors (Lipinski definition) is 7. The Kier molecular flexibility index (Phi) is 7.61. The van der Waals surface area contributed by atoms with Crippen LogP contribution in [-0.2, 0) is 23.8 Å². The minimum atomic E-state index is -1.19. The van der Waals surface area contributed by atoms with Crippen LogP contribution >= 0.6 is 0 Å². The molecule has 0 aliphatic carbocycles. The van der Waals surface area contributed by atoms with E-state index in [-0.39, 0.29) is 11.5 Å². The maximum atomic E-state index is 12.2. The molecule has 0 amide bonds. The first-order chi connectivity index (χ1) is 13.4. The van der Waals surface area contributed by atoms with Gasteiger partial charge in [0.15, 0.2) is 5.57 Å². The number of anilines is 1. The van der Waals surface area contributed by atoms with Crippen molar-refractivity contribution in [2.24, 2.45) is 0 Å². The molecule has 1 aromatic carbocycles. The average molecular weight is 389 g/mol. The Labute approximate surface area is 165 Å². The first kappa shape index (κ1) is 21.5. The van der Waals surface area contributed by atoms with Crippen LogP contribution in [-0.4, -0.2) is 30.3 Å². The molecule has 0 aromatic heterocycles. The van der Waals surface area contributed by atoms with Crippen LogP contribution < -0.4 is 5.32 Å². The summed E-state index contributed by atoms with van der Waals surface area (Å²) < 4.78 is 15.8. The summed E-state index contributed by atoms with van der Waals surface area (Å²) in [6.45, 7) is 6.06. The first-order valence-electron chi connectivity index (χ1n) is 9.65. The lowest BCUT2D eigenvalue weighted by atomic mass is 10.1. The lowest BCUT2D eigenvalue weighted by Crippen LogP contribution is -2.45. The molecule has 1 N–H and O–H groups in total. The average Bonchev–Trinajstić information content (AvgIpc) is 2.70. The summed E-state index contributed by atoms with van der Waals surface area (Å²) in [5.74, 6) is -3.01. The fraction of sp³-hybridized carbons (Fsp3) is 0.476. The summed E-state index contributed by atoms with van der Waals surface area (Å²) in [5.41, 5.74) is 0.817. The van der Waals surface area contributed by atoms with Crippen LogP contribution in [0.25, 0.3) is 0 Å². The second-order valence-corrected chi connectivity index (χ2v) is 6.52. The summed E-state index contributed by atoms with van der Waals surface area (Å²) in [7, 11) is 0. The van der Waals surface area contributed by atoms with Crippen molar-refractivity contribution in [3.63, 3.8) is 0 Å². The highest BCUT2D eigenvalue weighted by atomic mass is 16.7. The lowest BCUT2D eigenvalue weighted by molar-refractivity contribution is -0.237. The highest BCUT2D eigenvalue weighted by Crippen LogP contribution is 2.29. The van der Waals surface area contributed by atoms with E-state index < -0.39 is 17.7 Å². The van der Waals surface area contributed by atoms with E-state index in [2.05, 4.69) is 12.2 Å². The van der Waals surface area contributed by atoms with Gasteiger partial charge < -0.3 is 19.5 Å². The van der Waals surface area contributed by atoms with Gasteiger partial charge in [0, 0.05) is 24.7 Å². The number of cyclic esters (lactones) is 2. The SMILES string of the molecule is CCCCCOC(=O)c1ccc(NC=C2C(=O)OC(CC)(CC)OC2=O)cc1. The molecule has 1 heterocycles. The van der Waals surface area contributed by atoms with Gasteiger partial charge >= 0.3 is 17.9 Å². The number of esters is 3. The van der Waals surface area contributed by atoms with Gasteiger partial charge in [-0.2, -0.15) is 0 Å². The van der Waals surface area contributed by atoms with E-state index >= 15 is 0 Å². The van der Waals surface area contributed by atoms with Gasteiger partial charge in [-0.1, -0.05) is 33.6 Å². The minimum absolute atomic E-state index is 0.211. The van der Waals surface area contributed by atoms with E-state index in [9.17, 15) is 14.4 Å². The third-order valence-corrected chi connectivity index (χ3v) is 4.56. The van der Waals surface area contributed by atoms with Gasteiger partial charge in [0.25, 0.3) is 5.79 Å². The second kappa shape index (κ2) is 9.92. The highest BCUT2D eigenvalue weighted by Gasteiger charge is 2.43. The van der Waals surface area contributed by atoms with Gasteiger partial charge in [-0.3, -0.25) is 0 Å². The summed E-state index contributed by atoms with van der Waals surface area (Å²) in [6, 6.07) is 6.53. The van der Waals surface area contributed by atoms with Crippen LogP contribution in [0, 0.1) is 0 Å². The molecule has 1 aliphatic rings. The number of rotatable bonds is 9. The topological polar surface area (TPSA) is 90.9 Å². The van der Waals surface area contributed by atoms with E-state index in [1.807, 2.05) is 0 Å². The predicted octanol–water partition coefficient (Wildman–Crippen LogP) is 3.95. The molecular formula is C21H27NO6. The molecule has 1 aromatic rings. The van der Waals surface area contributed by atoms with Crippen molar-refractivity contribution in [1.29, 1.82) is 0 Å². The first-order valence-corrected chi connectivity index (χ1v) is 9.65. The number of hydrogen-bond donors (Lipinski definition) is 1. The Balaban J connectivity index is 1.96. The quantitative estimate of drug-likeness (QED) is 0.296. The fourth-order valence-electron chi connectivity index (χ4n) is 2.67. The molecular weight excluding hydrogens is 362 g/mol. The Morgan fingerprint density at radius 1 is 1.04 bits per heavy atom. The molecule has 1 saturated heterocycles. The van der Waals surface area contributed by atoms with Gasteiger partial charge in [0.2, 0.25) is 0 Å². The van der Waals surface area contributed by atoms with Crippen molar-refractivity contribution in [2.75, 3.05) is 11.9 Å². The maximum Gasteiger partial charge on any atom is 0.350 e. The molecule has 1 fully saturated rings. The van der Waals surface area contributed by atoms with Crippen molar-refractivity contribution < 1.29 is 28.6 Å². The summed E-state index contributed by atoms with van der Waals surface area (Å²) in [4.78, 5) is 36.3. The molecule has 7 heteroatoms. The molecule has 0 saturated carbocycles. The maximum absolute atomic E-state index is 12.2. The third kappa shape index (κ3) is 5.34. The van der Waals surface area contributed by atoms with Gasteiger partial charge in [0.05, 0.1) is 12.2 Å². The van der Waals surface area contributed by atoms with Crippen molar-refractivity contribution in [2.45, 2.75) is 58.7 Å². The largest absolute Gasteiger partial charge is 0.462 e. The summed E-state index contributed by atoms with van der Waals surface area (Å²) >= 11 is 0. The normalized spacial score (nSPS) is 15.5. The molecule has 1 aliphatic heterocycles. The predicted molar refractivity (Wildman–Crippen MR) is 103 cm³/mol. The zero-order valence-corrected chi connectivity index (χ0v) is 16.6. The number of nitrogens with one attached hydrogen (secondary N) is 1. The summed E-state index contributed by atoms with van der Waals surface area (Å²) in [6.07, 6.45) is 4.95. The highest BCUT2D eigenvalue weighted by molar-refractivity contribution is 6.15. The number of ether oxygens (including phenoxy) is 3. The molecule has 0 unspecified atom stereocenters. The van der Waals surface area contributed by atoms with Crippen LogP contribution in [0.4, 0.5) is 5.69 Å². The van der Waals surface area contributed by atoms with Crippen molar-refractivity contribution >= 4 is 23.6 Å². The van der Waals surface area contributed by atoms with E-state index in [0.29, 0.717) is 30.7 Å². The molecule has 0 radical (unpaired) electrons. The Bertz CT molecular complexity index is 712. The second-order valence-electron chi connectivity index (χ2n) is 6.52. The van der Waals surface area contributed by atoms with Gasteiger partial charge in [-0.05, 0) is 30.7 Å². The zero-order valence-electron chi connectivity index (χ0n) is 16.6. The van der Waals surface area contributed by atoms with Crippen LogP contribution in [0.2, 0.25) is 0 Å². The molecule has 28 heavy (non-hydrogen) atoms. The number of unbranched alkanes of at least 4 members (excludes halogenated alkanes) is 2. The van der Waals surface area contributed by atoms with Crippen LogP contribution in [0.15, 0.2) is 36.0 Å². The van der Waals surface area contributed by atoms with Crippen molar-refractivity contribution in [3.05, 3.63) is 41.6 Å². The van der Waals surface area contributed by atoms with Gasteiger partial charge in [0.1, 0.15) is 0 Å². The standard InChI is InChI=1S/C21H27NO6/c1-4-7-8-13-26-18(23)15-9-11-16(12-10-15)22-14-17-19(24)27-21(5-2,6-3)28-20(17)25/h9-12,14,22H,4-8,13H2,1-3H3. The van der Waals surface area contributed by atoms with Crippen LogP contribution in [0.5, 0.6) is 0 Å². The monoisotopic (exact) mass is 389 g/mol. The van der Waals surface area contributed by atoms with E-state index in [1.165, 1.54) is 6.20 Å². The van der Waals surface area contributed by atoms with E-state index in [1.54, 1.807) is 38.1 Å². The number of benzene rings is 1. The summed E-state index contributed by atoms with van der Waals surface area (Å²) in [5, 5.41) is 2.85. The minimum Gasteiger partial charge on any atom is -0.462 e. The Hall–Kier alpha value is -2.83. The Morgan fingerprint density at radius 2 is 1.64 bits per heavy atom.